The molecule has 9 nitrogen and oxygen atoms in total. The fourth-order valence-electron chi connectivity index (χ4n) is 3.57. The van der Waals surface area contributed by atoms with Gasteiger partial charge >= 0.3 is 0 Å². The van der Waals surface area contributed by atoms with Gasteiger partial charge in [0.1, 0.15) is 15.5 Å². The first-order chi connectivity index (χ1) is 13.8. The van der Waals surface area contributed by atoms with Gasteiger partial charge in [0.05, 0.1) is 10.6 Å². The lowest BCUT2D eigenvalue weighted by molar-refractivity contribution is -0.384. The molecule has 3 heterocycles. The predicted molar refractivity (Wildman–Crippen MR) is 114 cm³/mol. The number of nitro groups is 1. The molecule has 0 saturated carbocycles. The van der Waals surface area contributed by atoms with Crippen LogP contribution in [0.4, 0.5) is 17.2 Å². The number of benzene rings is 1. The summed E-state index contributed by atoms with van der Waals surface area (Å²) in [5.41, 5.74) is 19.5. The molecular weight excluding hydrogens is 392 g/mol. The van der Waals surface area contributed by atoms with E-state index in [9.17, 15) is 14.9 Å². The normalized spacial score (nSPS) is 15.0. The number of carbonyl (C=O) groups is 1. The lowest BCUT2D eigenvalue weighted by Gasteiger charge is -2.31. The van der Waals surface area contributed by atoms with Gasteiger partial charge in [0, 0.05) is 36.7 Å². The van der Waals surface area contributed by atoms with Crippen LogP contribution in [-0.2, 0) is 0 Å². The van der Waals surface area contributed by atoms with Crippen molar-refractivity contribution in [3.05, 3.63) is 45.3 Å². The van der Waals surface area contributed by atoms with E-state index in [1.54, 1.807) is 12.1 Å². The Hall–Kier alpha value is -3.24. The fourth-order valence-corrected chi connectivity index (χ4v) is 4.54. The molecule has 2 aromatic heterocycles. The van der Waals surface area contributed by atoms with Crippen molar-refractivity contribution in [2.45, 2.75) is 18.9 Å². The van der Waals surface area contributed by atoms with Crippen LogP contribution in [0.5, 0.6) is 0 Å². The number of hydrogen-bond acceptors (Lipinski definition) is 8. The lowest BCUT2D eigenvalue weighted by atomic mass is 10.0. The van der Waals surface area contributed by atoms with Crippen LogP contribution in [0, 0.1) is 10.1 Å². The molecule has 1 amide bonds. The van der Waals surface area contributed by atoms with E-state index in [1.807, 2.05) is 6.07 Å². The molecule has 0 bridgehead atoms. The highest BCUT2D eigenvalue weighted by Crippen LogP contribution is 2.41. The molecule has 0 unspecified atom stereocenters. The van der Waals surface area contributed by atoms with Crippen LogP contribution in [0.3, 0.4) is 0 Å². The molecule has 3 aromatic rings. The van der Waals surface area contributed by atoms with E-state index in [0.29, 0.717) is 10.2 Å². The number of non-ortho nitro benzene ring substituents is 1. The maximum Gasteiger partial charge on any atom is 0.269 e. The summed E-state index contributed by atoms with van der Waals surface area (Å²) >= 11 is 1.16. The maximum atomic E-state index is 11.8. The minimum atomic E-state index is -0.606. The maximum absolute atomic E-state index is 11.8. The zero-order chi connectivity index (χ0) is 20.7. The first-order valence-electron chi connectivity index (χ1n) is 9.13. The SMILES string of the molecule is NC(=O)c1sc2nc(N3CCC(N)CC3)cc(-c3ccc([N+](=O)[O-])cc3)c2c1N. The first-order valence-corrected chi connectivity index (χ1v) is 9.95. The zero-order valence-electron chi connectivity index (χ0n) is 15.5. The second-order valence-corrected chi connectivity index (χ2v) is 8.04. The van der Waals surface area contributed by atoms with Crippen molar-refractivity contribution in [1.82, 2.24) is 4.98 Å². The fraction of sp³-hybridized carbons (Fsp3) is 0.263. The van der Waals surface area contributed by atoms with E-state index < -0.39 is 10.8 Å². The van der Waals surface area contributed by atoms with Gasteiger partial charge in [-0.3, -0.25) is 14.9 Å². The highest BCUT2D eigenvalue weighted by molar-refractivity contribution is 7.21. The standard InChI is InChI=1S/C19H20N6O3S/c20-11-5-7-24(8-6-11)14-9-13(10-1-3-12(4-2-10)25(27)28)15-16(21)17(18(22)26)29-19(15)23-14/h1-4,9,11H,5-8,20-21H2,(H2,22,26). The zero-order valence-corrected chi connectivity index (χ0v) is 16.3. The van der Waals surface area contributed by atoms with Gasteiger partial charge in [-0.15, -0.1) is 11.3 Å². The number of nitro benzene ring substituents is 1. The third-order valence-electron chi connectivity index (χ3n) is 5.16. The number of nitrogen functional groups attached to an aromatic ring is 1. The molecular formula is C19H20N6O3S. The summed E-state index contributed by atoms with van der Waals surface area (Å²) in [6.45, 7) is 1.56. The van der Waals surface area contributed by atoms with E-state index in [2.05, 4.69) is 4.90 Å². The number of hydrogen-bond donors (Lipinski definition) is 3. The van der Waals surface area contributed by atoms with Gasteiger partial charge in [0.2, 0.25) is 0 Å². The van der Waals surface area contributed by atoms with Crippen molar-refractivity contribution in [3.63, 3.8) is 0 Å². The third-order valence-corrected chi connectivity index (χ3v) is 6.28. The molecule has 1 aromatic carbocycles. The molecule has 1 saturated heterocycles. The number of rotatable bonds is 4. The van der Waals surface area contributed by atoms with Gasteiger partial charge in [-0.1, -0.05) is 0 Å². The van der Waals surface area contributed by atoms with Gasteiger partial charge < -0.3 is 22.1 Å². The monoisotopic (exact) mass is 412 g/mol. The topological polar surface area (TPSA) is 154 Å². The van der Waals surface area contributed by atoms with Crippen LogP contribution in [0.2, 0.25) is 0 Å². The number of nitrogens with zero attached hydrogens (tertiary/aromatic N) is 3. The molecule has 4 rings (SSSR count). The van der Waals surface area contributed by atoms with E-state index in [1.165, 1.54) is 12.1 Å². The molecule has 1 aliphatic heterocycles. The van der Waals surface area contributed by atoms with E-state index in [0.717, 1.165) is 54.2 Å². The molecule has 0 atom stereocenters. The van der Waals surface area contributed by atoms with Crippen molar-refractivity contribution in [3.8, 4) is 11.1 Å². The Labute approximate surface area is 170 Å². The van der Waals surface area contributed by atoms with Crippen molar-refractivity contribution < 1.29 is 9.72 Å². The molecule has 0 radical (unpaired) electrons. The van der Waals surface area contributed by atoms with Crippen LogP contribution in [0.15, 0.2) is 30.3 Å². The number of nitrogens with two attached hydrogens (primary N) is 3. The number of pyridine rings is 1. The number of amides is 1. The second kappa shape index (κ2) is 7.30. The van der Waals surface area contributed by atoms with Gasteiger partial charge in [-0.05, 0) is 42.2 Å². The Morgan fingerprint density at radius 1 is 1.24 bits per heavy atom. The molecule has 1 fully saturated rings. The number of carbonyl (C=O) groups excluding carboxylic acids is 1. The Morgan fingerprint density at radius 2 is 1.90 bits per heavy atom. The molecule has 0 aliphatic carbocycles. The lowest BCUT2D eigenvalue weighted by Crippen LogP contribution is -2.40. The van der Waals surface area contributed by atoms with Gasteiger partial charge in [0.25, 0.3) is 11.6 Å². The van der Waals surface area contributed by atoms with Crippen molar-refractivity contribution in [2.75, 3.05) is 23.7 Å². The Morgan fingerprint density at radius 3 is 2.48 bits per heavy atom. The van der Waals surface area contributed by atoms with Crippen LogP contribution >= 0.6 is 11.3 Å². The quantitative estimate of drug-likeness (QED) is 0.439. The first kappa shape index (κ1) is 19.1. The highest BCUT2D eigenvalue weighted by atomic mass is 32.1. The summed E-state index contributed by atoms with van der Waals surface area (Å²) in [5.74, 6) is 0.153. The second-order valence-electron chi connectivity index (χ2n) is 7.05. The Balaban J connectivity index is 1.89. The summed E-state index contributed by atoms with van der Waals surface area (Å²) in [4.78, 5) is 30.1. The number of anilines is 2. The number of aromatic nitrogens is 1. The van der Waals surface area contributed by atoms with E-state index in [-0.39, 0.29) is 22.3 Å². The molecule has 1 aliphatic rings. The van der Waals surface area contributed by atoms with Crippen LogP contribution < -0.4 is 22.1 Å². The van der Waals surface area contributed by atoms with Crippen molar-refractivity contribution >= 4 is 44.7 Å². The smallest absolute Gasteiger partial charge is 0.269 e. The summed E-state index contributed by atoms with van der Waals surface area (Å²) in [6.07, 6.45) is 1.73. The summed E-state index contributed by atoms with van der Waals surface area (Å²) in [7, 11) is 0. The van der Waals surface area contributed by atoms with E-state index in [4.69, 9.17) is 22.2 Å². The van der Waals surface area contributed by atoms with Crippen LogP contribution in [-0.4, -0.2) is 34.9 Å². The van der Waals surface area contributed by atoms with Crippen molar-refractivity contribution in [1.29, 1.82) is 0 Å². The molecule has 0 spiro atoms. The van der Waals surface area contributed by atoms with Crippen LogP contribution in [0.25, 0.3) is 21.3 Å². The average molecular weight is 412 g/mol. The molecule has 6 N–H and O–H groups in total. The van der Waals surface area contributed by atoms with Crippen LogP contribution in [0.1, 0.15) is 22.5 Å². The minimum Gasteiger partial charge on any atom is -0.397 e. The van der Waals surface area contributed by atoms with E-state index >= 15 is 0 Å². The number of piperidine rings is 1. The van der Waals surface area contributed by atoms with Gasteiger partial charge in [-0.25, -0.2) is 4.98 Å². The number of primary amides is 1. The largest absolute Gasteiger partial charge is 0.397 e. The molecule has 29 heavy (non-hydrogen) atoms. The summed E-state index contributed by atoms with van der Waals surface area (Å²) in [6, 6.07) is 8.32. The molecule has 150 valence electrons. The summed E-state index contributed by atoms with van der Waals surface area (Å²) in [5, 5.41) is 11.6. The number of fused-ring (bicyclic) bond motifs is 1. The van der Waals surface area contributed by atoms with Crippen molar-refractivity contribution in [2.24, 2.45) is 11.5 Å². The third kappa shape index (κ3) is 3.47. The number of thiophene rings is 1. The predicted octanol–water partition coefficient (Wildman–Crippen LogP) is 2.48. The average Bonchev–Trinajstić information content (AvgIpc) is 3.05. The summed E-state index contributed by atoms with van der Waals surface area (Å²) < 4.78 is 0. The Kier molecular flexibility index (Phi) is 4.81. The van der Waals surface area contributed by atoms with Gasteiger partial charge in [-0.2, -0.15) is 0 Å². The minimum absolute atomic E-state index is 0.000377. The van der Waals surface area contributed by atoms with Gasteiger partial charge in [0.15, 0.2) is 0 Å². The molecule has 10 heteroatoms. The highest BCUT2D eigenvalue weighted by Gasteiger charge is 2.23. The Bertz CT molecular complexity index is 1100.